The molecule has 1 saturated heterocycles. The van der Waals surface area contributed by atoms with Crippen LogP contribution in [0.4, 0.5) is 14.5 Å². The maximum Gasteiger partial charge on any atom is 0.457 e. The van der Waals surface area contributed by atoms with Gasteiger partial charge in [-0.1, -0.05) is 30.3 Å². The predicted molar refractivity (Wildman–Crippen MR) is 105 cm³/mol. The summed E-state index contributed by atoms with van der Waals surface area (Å²) >= 11 is 0. The van der Waals surface area contributed by atoms with Crippen molar-refractivity contribution in [3.8, 4) is 0 Å². The molecular weight excluding hydrogens is 347 g/mol. The van der Waals surface area contributed by atoms with Crippen molar-refractivity contribution >= 4 is 12.8 Å². The number of anilines is 1. The van der Waals surface area contributed by atoms with E-state index < -0.39 is 28.5 Å². The van der Waals surface area contributed by atoms with Crippen LogP contribution in [-0.4, -0.2) is 18.3 Å². The molecule has 0 radical (unpaired) electrons. The molecule has 0 saturated carbocycles. The van der Waals surface area contributed by atoms with Crippen LogP contribution in [0.15, 0.2) is 42.5 Å². The quantitative estimate of drug-likeness (QED) is 0.582. The molecule has 0 amide bonds. The molecular formula is C21H26BF2NO2. The van der Waals surface area contributed by atoms with E-state index in [-0.39, 0.29) is 13.0 Å². The van der Waals surface area contributed by atoms with Crippen LogP contribution in [0, 0.1) is 11.6 Å². The van der Waals surface area contributed by atoms with Crippen LogP contribution < -0.4 is 5.73 Å². The lowest BCUT2D eigenvalue weighted by atomic mass is 9.76. The molecule has 27 heavy (non-hydrogen) atoms. The summed E-state index contributed by atoms with van der Waals surface area (Å²) in [4.78, 5) is 0. The Bertz CT molecular complexity index is 772. The van der Waals surface area contributed by atoms with Gasteiger partial charge < -0.3 is 15.0 Å². The molecule has 1 atom stereocenters. The van der Waals surface area contributed by atoms with E-state index >= 15 is 0 Å². The average Bonchev–Trinajstić information content (AvgIpc) is 2.80. The molecule has 1 aliphatic rings. The SMILES string of the molecule is CC1(C)OB(CCC(c2ccccc2)c2cc(F)c(N)c(F)c2)OC1(C)C. The van der Waals surface area contributed by atoms with E-state index in [4.69, 9.17) is 15.0 Å². The Morgan fingerprint density at radius 3 is 1.96 bits per heavy atom. The zero-order chi connectivity index (χ0) is 19.8. The Kier molecular flexibility index (Phi) is 5.32. The number of halogens is 2. The molecule has 6 heteroatoms. The molecule has 1 fully saturated rings. The van der Waals surface area contributed by atoms with Gasteiger partial charge in [0.1, 0.15) is 17.3 Å². The number of nitrogen functional groups attached to an aromatic ring is 1. The van der Waals surface area contributed by atoms with Crippen LogP contribution in [0.3, 0.4) is 0 Å². The normalized spacial score (nSPS) is 19.3. The van der Waals surface area contributed by atoms with Gasteiger partial charge >= 0.3 is 7.12 Å². The molecule has 0 spiro atoms. The fraction of sp³-hybridized carbons (Fsp3) is 0.429. The smallest absolute Gasteiger partial charge is 0.403 e. The third-order valence-corrected chi connectivity index (χ3v) is 5.70. The van der Waals surface area contributed by atoms with Crippen molar-refractivity contribution in [2.45, 2.75) is 57.6 Å². The Hall–Kier alpha value is -1.92. The fourth-order valence-electron chi connectivity index (χ4n) is 3.40. The molecule has 3 nitrogen and oxygen atoms in total. The molecule has 0 aromatic heterocycles. The van der Waals surface area contributed by atoms with E-state index in [0.29, 0.717) is 18.3 Å². The summed E-state index contributed by atoms with van der Waals surface area (Å²) in [5.74, 6) is -1.65. The van der Waals surface area contributed by atoms with Gasteiger partial charge in [0.15, 0.2) is 0 Å². The largest absolute Gasteiger partial charge is 0.457 e. The zero-order valence-corrected chi connectivity index (χ0v) is 16.3. The van der Waals surface area contributed by atoms with Gasteiger partial charge in [0.25, 0.3) is 0 Å². The highest BCUT2D eigenvalue weighted by atomic mass is 19.1. The second-order valence-corrected chi connectivity index (χ2v) is 8.12. The van der Waals surface area contributed by atoms with E-state index in [2.05, 4.69) is 0 Å². The first kappa shape index (κ1) is 19.8. The zero-order valence-electron chi connectivity index (χ0n) is 16.3. The number of hydrogen-bond donors (Lipinski definition) is 1. The predicted octanol–water partition coefficient (Wildman–Crippen LogP) is 5.16. The Balaban J connectivity index is 1.85. The number of benzene rings is 2. The first-order valence-electron chi connectivity index (χ1n) is 9.26. The highest BCUT2D eigenvalue weighted by molar-refractivity contribution is 6.45. The van der Waals surface area contributed by atoms with Gasteiger partial charge in [0.2, 0.25) is 0 Å². The third kappa shape index (κ3) is 4.02. The summed E-state index contributed by atoms with van der Waals surface area (Å²) < 4.78 is 40.2. The first-order chi connectivity index (χ1) is 12.6. The molecule has 2 aromatic rings. The number of nitrogens with two attached hydrogens (primary N) is 1. The van der Waals surface area contributed by atoms with Crippen LogP contribution >= 0.6 is 0 Å². The van der Waals surface area contributed by atoms with Crippen LogP contribution in [0.1, 0.15) is 51.2 Å². The van der Waals surface area contributed by atoms with E-state index in [0.717, 1.165) is 5.56 Å². The molecule has 0 bridgehead atoms. The second-order valence-electron chi connectivity index (χ2n) is 8.12. The highest BCUT2D eigenvalue weighted by Crippen LogP contribution is 2.40. The van der Waals surface area contributed by atoms with Crippen LogP contribution in [0.5, 0.6) is 0 Å². The lowest BCUT2D eigenvalue weighted by molar-refractivity contribution is 0.00578. The summed E-state index contributed by atoms with van der Waals surface area (Å²) in [5.41, 5.74) is 5.72. The Labute approximate surface area is 160 Å². The van der Waals surface area contributed by atoms with Crippen molar-refractivity contribution in [3.05, 3.63) is 65.2 Å². The van der Waals surface area contributed by atoms with E-state index in [1.807, 2.05) is 58.0 Å². The van der Waals surface area contributed by atoms with Gasteiger partial charge in [-0.05, 0) is 63.7 Å². The molecule has 1 heterocycles. The average molecular weight is 373 g/mol. The topological polar surface area (TPSA) is 44.5 Å². The van der Waals surface area contributed by atoms with Crippen LogP contribution in [-0.2, 0) is 9.31 Å². The molecule has 1 unspecified atom stereocenters. The standard InChI is InChI=1S/C21H26BF2NO2/c1-20(2)21(3,4)27-22(26-20)11-10-16(14-8-6-5-7-9-14)15-12-17(23)19(25)18(24)13-15/h5-9,12-13,16H,10-11,25H2,1-4H3. The minimum Gasteiger partial charge on any atom is -0.403 e. The van der Waals surface area contributed by atoms with Gasteiger partial charge in [-0.3, -0.25) is 0 Å². The van der Waals surface area contributed by atoms with Crippen molar-refractivity contribution < 1.29 is 18.1 Å². The second kappa shape index (κ2) is 7.25. The minimum absolute atomic E-state index is 0.185. The number of hydrogen-bond acceptors (Lipinski definition) is 3. The van der Waals surface area contributed by atoms with Crippen molar-refractivity contribution in [1.82, 2.24) is 0 Å². The third-order valence-electron chi connectivity index (χ3n) is 5.70. The van der Waals surface area contributed by atoms with Gasteiger partial charge in [-0.25, -0.2) is 8.78 Å². The molecule has 2 N–H and O–H groups in total. The summed E-state index contributed by atoms with van der Waals surface area (Å²) in [5, 5.41) is 0. The maximum absolute atomic E-state index is 14.0. The number of rotatable bonds is 5. The Morgan fingerprint density at radius 1 is 0.926 bits per heavy atom. The maximum atomic E-state index is 14.0. The van der Waals surface area contributed by atoms with Gasteiger partial charge in [0, 0.05) is 5.92 Å². The van der Waals surface area contributed by atoms with Crippen molar-refractivity contribution in [2.75, 3.05) is 5.73 Å². The van der Waals surface area contributed by atoms with Crippen LogP contribution in [0.25, 0.3) is 0 Å². The van der Waals surface area contributed by atoms with E-state index in [1.165, 1.54) is 12.1 Å². The van der Waals surface area contributed by atoms with Gasteiger partial charge in [-0.2, -0.15) is 0 Å². The van der Waals surface area contributed by atoms with E-state index in [9.17, 15) is 8.78 Å². The molecule has 3 rings (SSSR count). The first-order valence-corrected chi connectivity index (χ1v) is 9.26. The van der Waals surface area contributed by atoms with Crippen LogP contribution in [0.2, 0.25) is 6.32 Å². The van der Waals surface area contributed by atoms with Gasteiger partial charge in [0.05, 0.1) is 11.2 Å². The fourth-order valence-corrected chi connectivity index (χ4v) is 3.40. The molecule has 144 valence electrons. The Morgan fingerprint density at radius 2 is 1.44 bits per heavy atom. The highest BCUT2D eigenvalue weighted by Gasteiger charge is 2.50. The summed E-state index contributed by atoms with van der Waals surface area (Å²) in [7, 11) is -0.357. The molecule has 1 aliphatic heterocycles. The van der Waals surface area contributed by atoms with Crippen molar-refractivity contribution in [3.63, 3.8) is 0 Å². The lowest BCUT2D eigenvalue weighted by Gasteiger charge is -2.32. The summed E-state index contributed by atoms with van der Waals surface area (Å²) in [6.07, 6.45) is 1.24. The van der Waals surface area contributed by atoms with Gasteiger partial charge in [-0.15, -0.1) is 0 Å². The van der Waals surface area contributed by atoms with Crippen molar-refractivity contribution in [2.24, 2.45) is 0 Å². The van der Waals surface area contributed by atoms with Crippen molar-refractivity contribution in [1.29, 1.82) is 0 Å². The molecule has 0 aliphatic carbocycles. The lowest BCUT2D eigenvalue weighted by Crippen LogP contribution is -2.41. The summed E-state index contributed by atoms with van der Waals surface area (Å²) in [6, 6.07) is 12.3. The minimum atomic E-state index is -0.735. The molecule has 2 aromatic carbocycles. The monoisotopic (exact) mass is 373 g/mol. The van der Waals surface area contributed by atoms with E-state index in [1.54, 1.807) is 0 Å². The summed E-state index contributed by atoms with van der Waals surface area (Å²) in [6.45, 7) is 8.03.